The lowest BCUT2D eigenvalue weighted by molar-refractivity contribution is -0.123. The molecule has 0 saturated carbocycles. The fraction of sp³-hybridized carbons (Fsp3) is 0.261. The quantitative estimate of drug-likeness (QED) is 0.367. The number of H-pyrrole nitrogens is 1. The Hall–Kier alpha value is -3.53. The first-order valence-corrected chi connectivity index (χ1v) is 11.2. The van der Waals surface area contributed by atoms with E-state index in [4.69, 9.17) is 9.57 Å². The van der Waals surface area contributed by atoms with Gasteiger partial charge in [0.25, 0.3) is 0 Å². The summed E-state index contributed by atoms with van der Waals surface area (Å²) in [5.74, 6) is -0.267. The van der Waals surface area contributed by atoms with E-state index in [1.165, 1.54) is 0 Å². The van der Waals surface area contributed by atoms with Crippen LogP contribution in [0.3, 0.4) is 0 Å². The van der Waals surface area contributed by atoms with E-state index in [2.05, 4.69) is 36.7 Å². The van der Waals surface area contributed by atoms with Gasteiger partial charge in [-0.05, 0) is 45.3 Å². The summed E-state index contributed by atoms with van der Waals surface area (Å²) in [6, 6.07) is 13.3. The lowest BCUT2D eigenvalue weighted by atomic mass is 10.0. The van der Waals surface area contributed by atoms with Gasteiger partial charge in [0.1, 0.15) is 23.0 Å². The fourth-order valence-electron chi connectivity index (χ4n) is 3.51. The minimum Gasteiger partial charge on any atom is -0.508 e. The van der Waals surface area contributed by atoms with Crippen molar-refractivity contribution in [3.63, 3.8) is 0 Å². The summed E-state index contributed by atoms with van der Waals surface area (Å²) in [7, 11) is 0. The number of fused-ring (bicyclic) bond motifs is 1. The lowest BCUT2D eigenvalue weighted by Crippen LogP contribution is -2.49. The second-order valence-electron chi connectivity index (χ2n) is 7.65. The number of carbonyl (C=O) groups excluding carboxylic acids is 2. The summed E-state index contributed by atoms with van der Waals surface area (Å²) in [6.45, 7) is 0.326. The average molecular weight is 515 g/mol. The smallest absolute Gasteiger partial charge is 0.408 e. The first-order valence-electron chi connectivity index (χ1n) is 10.4. The van der Waals surface area contributed by atoms with E-state index >= 15 is 0 Å². The van der Waals surface area contributed by atoms with E-state index in [0.29, 0.717) is 11.0 Å². The number of benzene rings is 2. The molecular formula is C23H23BrN4O5. The van der Waals surface area contributed by atoms with Crippen molar-refractivity contribution in [3.05, 3.63) is 65.9 Å². The van der Waals surface area contributed by atoms with Crippen LogP contribution in [-0.2, 0) is 27.4 Å². The van der Waals surface area contributed by atoms with E-state index in [9.17, 15) is 14.7 Å². The number of halogens is 1. The summed E-state index contributed by atoms with van der Waals surface area (Å²) >= 11 is 3.27. The molecule has 4 rings (SSSR count). The molecule has 0 bridgehead atoms. The highest BCUT2D eigenvalue weighted by Crippen LogP contribution is 2.24. The van der Waals surface area contributed by atoms with Gasteiger partial charge < -0.3 is 30.3 Å². The molecule has 33 heavy (non-hydrogen) atoms. The van der Waals surface area contributed by atoms with Crippen molar-refractivity contribution in [2.45, 2.75) is 31.6 Å². The van der Waals surface area contributed by atoms with Crippen LogP contribution in [0.4, 0.5) is 4.79 Å². The predicted octanol–water partition coefficient (Wildman–Crippen LogP) is 3.32. The summed E-state index contributed by atoms with van der Waals surface area (Å²) in [5.41, 5.74) is 2.42. The molecule has 4 N–H and O–H groups in total. The van der Waals surface area contributed by atoms with E-state index in [1.54, 1.807) is 24.4 Å². The summed E-state index contributed by atoms with van der Waals surface area (Å²) in [6.07, 6.45) is 1.52. The maximum atomic E-state index is 13.0. The number of amides is 2. The number of phenolic OH excluding ortho intramolecular Hbond substituents is 1. The Labute approximate surface area is 198 Å². The van der Waals surface area contributed by atoms with E-state index in [-0.39, 0.29) is 37.3 Å². The van der Waals surface area contributed by atoms with Gasteiger partial charge in [-0.25, -0.2) is 4.79 Å². The number of nitrogens with one attached hydrogen (secondary N) is 3. The molecular weight excluding hydrogens is 492 g/mol. The topological polar surface area (TPSA) is 125 Å². The Morgan fingerprint density at radius 3 is 2.85 bits per heavy atom. The monoisotopic (exact) mass is 514 g/mol. The van der Waals surface area contributed by atoms with Gasteiger partial charge in [0, 0.05) is 29.9 Å². The first-order chi connectivity index (χ1) is 16.0. The molecule has 2 aromatic carbocycles. The number of alkyl carbamates (subject to hydrolysis) is 1. The molecule has 0 aliphatic carbocycles. The third kappa shape index (κ3) is 6.04. The minimum absolute atomic E-state index is 0.0866. The SMILES string of the molecule is O=C(N[C@@H](Cc1c[nH]c2ccc(O)cc12)C(=O)NCC1CC(Br)=NO1)OCc1ccccc1. The van der Waals surface area contributed by atoms with Crippen LogP contribution < -0.4 is 10.6 Å². The molecule has 1 aliphatic rings. The Morgan fingerprint density at radius 2 is 2.09 bits per heavy atom. The van der Waals surface area contributed by atoms with Gasteiger partial charge in [-0.3, -0.25) is 4.79 Å². The molecule has 1 aliphatic heterocycles. The molecule has 172 valence electrons. The number of aromatic hydroxyl groups is 1. The van der Waals surface area contributed by atoms with Crippen molar-refractivity contribution in [1.29, 1.82) is 0 Å². The Morgan fingerprint density at radius 1 is 1.27 bits per heavy atom. The zero-order valence-electron chi connectivity index (χ0n) is 17.6. The minimum atomic E-state index is -0.902. The van der Waals surface area contributed by atoms with Gasteiger partial charge >= 0.3 is 6.09 Å². The molecule has 10 heteroatoms. The van der Waals surface area contributed by atoms with E-state index in [1.807, 2.05) is 30.3 Å². The van der Waals surface area contributed by atoms with Crippen molar-refractivity contribution in [2.24, 2.45) is 5.16 Å². The zero-order chi connectivity index (χ0) is 23.2. The number of aromatic nitrogens is 1. The predicted molar refractivity (Wildman–Crippen MR) is 126 cm³/mol. The van der Waals surface area contributed by atoms with Gasteiger partial charge in [0.15, 0.2) is 6.10 Å². The number of oxime groups is 1. The maximum absolute atomic E-state index is 13.0. The van der Waals surface area contributed by atoms with Gasteiger partial charge in [0.2, 0.25) is 5.91 Å². The lowest BCUT2D eigenvalue weighted by Gasteiger charge is -2.19. The average Bonchev–Trinajstić information content (AvgIpc) is 3.42. The van der Waals surface area contributed by atoms with E-state index < -0.39 is 12.1 Å². The highest BCUT2D eigenvalue weighted by atomic mass is 79.9. The van der Waals surface area contributed by atoms with Crippen LogP contribution in [0.25, 0.3) is 10.9 Å². The zero-order valence-corrected chi connectivity index (χ0v) is 19.2. The number of rotatable bonds is 8. The molecule has 1 unspecified atom stereocenters. The first kappa shape index (κ1) is 22.7. The van der Waals surface area contributed by atoms with Gasteiger partial charge in [0.05, 0.1) is 6.54 Å². The molecule has 0 radical (unpaired) electrons. The van der Waals surface area contributed by atoms with Crippen molar-refractivity contribution in [1.82, 2.24) is 15.6 Å². The van der Waals surface area contributed by atoms with Gasteiger partial charge in [-0.15, -0.1) is 0 Å². The molecule has 9 nitrogen and oxygen atoms in total. The van der Waals surface area contributed by atoms with Crippen LogP contribution in [-0.4, -0.2) is 45.4 Å². The van der Waals surface area contributed by atoms with Crippen LogP contribution in [0.15, 0.2) is 59.9 Å². The Bertz CT molecular complexity index is 1160. The van der Waals surface area contributed by atoms with Crippen molar-refractivity contribution in [2.75, 3.05) is 6.54 Å². The third-order valence-electron chi connectivity index (χ3n) is 5.20. The number of aromatic amines is 1. The third-order valence-corrected chi connectivity index (χ3v) is 5.67. The normalized spacial score (nSPS) is 16.0. The second-order valence-corrected chi connectivity index (χ2v) is 8.57. The number of nitrogens with zero attached hydrogens (tertiary/aromatic N) is 1. The standard InChI is InChI=1S/C23H23BrN4O5/c24-21-10-17(33-28-21)12-26-22(30)20(27-23(31)32-13-14-4-2-1-3-5-14)8-15-11-25-19-7-6-16(29)9-18(15)19/h1-7,9,11,17,20,25,29H,8,10,12-13H2,(H,26,30)(H,27,31)/t17?,20-/m0/s1. The second kappa shape index (κ2) is 10.4. The van der Waals surface area contributed by atoms with Crippen molar-refractivity contribution in [3.8, 4) is 5.75 Å². The Kier molecular flexibility index (Phi) is 7.13. The molecule has 2 atom stereocenters. The summed E-state index contributed by atoms with van der Waals surface area (Å²) in [4.78, 5) is 33.8. The van der Waals surface area contributed by atoms with Crippen LogP contribution in [0.1, 0.15) is 17.5 Å². The molecule has 1 aromatic heterocycles. The van der Waals surface area contributed by atoms with Crippen molar-refractivity contribution >= 4 is 43.5 Å². The molecule has 3 aromatic rings. The molecule has 2 heterocycles. The van der Waals surface area contributed by atoms with Crippen LogP contribution >= 0.6 is 15.9 Å². The molecule has 0 saturated heterocycles. The Balaban J connectivity index is 1.43. The molecule has 0 fully saturated rings. The fourth-order valence-corrected chi connectivity index (χ4v) is 3.96. The number of hydrogen-bond donors (Lipinski definition) is 4. The van der Waals surface area contributed by atoms with Gasteiger partial charge in [-0.1, -0.05) is 35.5 Å². The largest absolute Gasteiger partial charge is 0.508 e. The van der Waals surface area contributed by atoms with Gasteiger partial charge in [-0.2, -0.15) is 0 Å². The van der Waals surface area contributed by atoms with Crippen LogP contribution in [0.2, 0.25) is 0 Å². The maximum Gasteiger partial charge on any atom is 0.408 e. The van der Waals surface area contributed by atoms with Crippen LogP contribution in [0.5, 0.6) is 5.75 Å². The number of carbonyl (C=O) groups is 2. The highest BCUT2D eigenvalue weighted by molar-refractivity contribution is 9.18. The van der Waals surface area contributed by atoms with E-state index in [0.717, 1.165) is 22.0 Å². The van der Waals surface area contributed by atoms with Crippen LogP contribution in [0, 0.1) is 0 Å². The summed E-state index contributed by atoms with van der Waals surface area (Å²) < 4.78 is 5.98. The number of hydrogen-bond acceptors (Lipinski definition) is 6. The molecule has 0 spiro atoms. The highest BCUT2D eigenvalue weighted by Gasteiger charge is 2.26. The number of phenols is 1. The number of ether oxygens (including phenoxy) is 1. The summed E-state index contributed by atoms with van der Waals surface area (Å²) in [5, 5.41) is 19.9. The molecule has 2 amide bonds. The van der Waals surface area contributed by atoms with Crippen molar-refractivity contribution < 1.29 is 24.3 Å².